The highest BCUT2D eigenvalue weighted by Crippen LogP contribution is 2.21. The average molecular weight is 411 g/mol. The number of piperidine rings is 1. The van der Waals surface area contributed by atoms with Crippen LogP contribution in [-0.2, 0) is 19.6 Å². The Balaban J connectivity index is 2.07. The molecule has 1 aromatic carbocycles. The van der Waals surface area contributed by atoms with E-state index in [0.29, 0.717) is 19.6 Å². The molecule has 0 spiro atoms. The Morgan fingerprint density at radius 1 is 1.18 bits per heavy atom. The third kappa shape index (κ3) is 5.52. The second kappa shape index (κ2) is 9.65. The number of esters is 1. The first-order chi connectivity index (χ1) is 13.3. The van der Waals surface area contributed by atoms with Crippen LogP contribution in [0.1, 0.15) is 43.5 Å². The van der Waals surface area contributed by atoms with E-state index >= 15 is 0 Å². The van der Waals surface area contributed by atoms with Crippen LogP contribution in [-0.4, -0.2) is 56.4 Å². The van der Waals surface area contributed by atoms with E-state index in [2.05, 4.69) is 5.32 Å². The molecule has 1 atom stereocenters. The van der Waals surface area contributed by atoms with Gasteiger partial charge in [0.15, 0.2) is 6.10 Å². The zero-order chi connectivity index (χ0) is 20.7. The summed E-state index contributed by atoms with van der Waals surface area (Å²) >= 11 is 0. The van der Waals surface area contributed by atoms with Gasteiger partial charge in [-0.15, -0.1) is 0 Å². The molecular weight excluding hydrogens is 386 g/mol. The summed E-state index contributed by atoms with van der Waals surface area (Å²) in [5.41, 5.74) is 0.00995. The van der Waals surface area contributed by atoms with Crippen molar-refractivity contribution in [1.29, 1.82) is 0 Å². The van der Waals surface area contributed by atoms with Crippen molar-refractivity contribution >= 4 is 27.9 Å². The van der Waals surface area contributed by atoms with E-state index in [9.17, 15) is 22.8 Å². The summed E-state index contributed by atoms with van der Waals surface area (Å²) in [5.74, 6) is -1.63. The summed E-state index contributed by atoms with van der Waals surface area (Å²) in [6.07, 6.45) is 1.38. The first kappa shape index (κ1) is 21.8. The lowest BCUT2D eigenvalue weighted by molar-refractivity contribution is -0.127. The quantitative estimate of drug-likeness (QED) is 0.680. The fourth-order valence-electron chi connectivity index (χ4n) is 2.74. The molecule has 0 aliphatic carbocycles. The van der Waals surface area contributed by atoms with E-state index in [1.54, 1.807) is 6.92 Å². The molecule has 1 aliphatic rings. The van der Waals surface area contributed by atoms with Gasteiger partial charge in [0.2, 0.25) is 10.0 Å². The minimum absolute atomic E-state index is 0.00304. The Labute approximate surface area is 164 Å². The number of hydrogen-bond acceptors (Lipinski definition) is 6. The van der Waals surface area contributed by atoms with Crippen LogP contribution in [0.25, 0.3) is 0 Å². The number of amides is 3. The highest BCUT2D eigenvalue weighted by atomic mass is 32.2. The predicted molar refractivity (Wildman–Crippen MR) is 101 cm³/mol. The van der Waals surface area contributed by atoms with E-state index in [1.807, 2.05) is 5.32 Å². The summed E-state index contributed by atoms with van der Waals surface area (Å²) in [6, 6.07) is 4.83. The normalized spacial score (nSPS) is 16.1. The smallest absolute Gasteiger partial charge is 0.338 e. The number of sulfonamides is 1. The summed E-state index contributed by atoms with van der Waals surface area (Å²) in [7, 11) is -3.69. The molecule has 9 nitrogen and oxygen atoms in total. The molecule has 154 valence electrons. The summed E-state index contributed by atoms with van der Waals surface area (Å²) < 4.78 is 31.9. The zero-order valence-corrected chi connectivity index (χ0v) is 16.8. The van der Waals surface area contributed by atoms with Crippen molar-refractivity contribution < 1.29 is 27.5 Å². The molecule has 0 aromatic heterocycles. The number of carbonyl (C=O) groups excluding carboxylic acids is 3. The van der Waals surface area contributed by atoms with Crippen LogP contribution in [0.4, 0.5) is 4.79 Å². The van der Waals surface area contributed by atoms with Crippen molar-refractivity contribution in [2.45, 2.75) is 44.1 Å². The number of rotatable bonds is 6. The maximum absolute atomic E-state index is 12.7. The van der Waals surface area contributed by atoms with Crippen LogP contribution in [0.2, 0.25) is 0 Å². The van der Waals surface area contributed by atoms with Gasteiger partial charge in [-0.25, -0.2) is 18.0 Å². The number of carbonyl (C=O) groups is 3. The molecule has 1 heterocycles. The molecule has 0 bridgehead atoms. The number of benzene rings is 1. The lowest BCUT2D eigenvalue weighted by atomic mass is 10.2. The van der Waals surface area contributed by atoms with Crippen molar-refractivity contribution in [3.8, 4) is 0 Å². The monoisotopic (exact) mass is 411 g/mol. The molecule has 0 saturated carbocycles. The first-order valence-electron chi connectivity index (χ1n) is 9.15. The molecule has 10 heteroatoms. The maximum atomic E-state index is 12.7. The molecule has 2 rings (SSSR count). The largest absolute Gasteiger partial charge is 0.449 e. The predicted octanol–water partition coefficient (Wildman–Crippen LogP) is 1.25. The van der Waals surface area contributed by atoms with Gasteiger partial charge in [0.1, 0.15) is 0 Å². The molecule has 2 N–H and O–H groups in total. The van der Waals surface area contributed by atoms with E-state index in [4.69, 9.17) is 4.74 Å². The van der Waals surface area contributed by atoms with Gasteiger partial charge in [-0.1, -0.05) is 12.5 Å². The lowest BCUT2D eigenvalue weighted by Crippen LogP contribution is -2.44. The van der Waals surface area contributed by atoms with Crippen LogP contribution in [0.5, 0.6) is 0 Å². The molecule has 1 aromatic rings. The van der Waals surface area contributed by atoms with E-state index in [1.165, 1.54) is 35.5 Å². The van der Waals surface area contributed by atoms with Crippen LogP contribution >= 0.6 is 0 Å². The van der Waals surface area contributed by atoms with Gasteiger partial charge >= 0.3 is 12.0 Å². The van der Waals surface area contributed by atoms with Crippen LogP contribution in [0.15, 0.2) is 29.2 Å². The fraction of sp³-hybridized carbons (Fsp3) is 0.500. The molecule has 1 unspecified atom stereocenters. The Kier molecular flexibility index (Phi) is 7.53. The maximum Gasteiger partial charge on any atom is 0.338 e. The number of urea groups is 1. The van der Waals surface area contributed by atoms with Crippen molar-refractivity contribution in [1.82, 2.24) is 14.9 Å². The standard InChI is InChI=1S/C18H25N3O6S/c1-3-19-18(24)20-16(22)13(2)27-17(23)14-8-7-9-15(12-14)28(25,26)21-10-5-4-6-11-21/h7-9,12-13H,3-6,10-11H2,1-2H3,(H2,19,20,22,24). The van der Waals surface area contributed by atoms with Crippen LogP contribution in [0, 0.1) is 0 Å². The Bertz CT molecular complexity index is 833. The SMILES string of the molecule is CCNC(=O)NC(=O)C(C)OC(=O)c1cccc(S(=O)(=O)N2CCCCC2)c1. The van der Waals surface area contributed by atoms with Crippen molar-refractivity contribution in [3.05, 3.63) is 29.8 Å². The van der Waals surface area contributed by atoms with Crippen molar-refractivity contribution in [2.24, 2.45) is 0 Å². The first-order valence-corrected chi connectivity index (χ1v) is 10.6. The third-order valence-electron chi connectivity index (χ3n) is 4.25. The summed E-state index contributed by atoms with van der Waals surface area (Å²) in [4.78, 5) is 35.6. The van der Waals surface area contributed by atoms with Gasteiger partial charge in [0.05, 0.1) is 10.5 Å². The topological polar surface area (TPSA) is 122 Å². The van der Waals surface area contributed by atoms with Gasteiger partial charge in [0, 0.05) is 19.6 Å². The molecular formula is C18H25N3O6S. The fourth-order valence-corrected chi connectivity index (χ4v) is 4.30. The van der Waals surface area contributed by atoms with Gasteiger partial charge < -0.3 is 10.1 Å². The summed E-state index contributed by atoms with van der Waals surface area (Å²) in [6.45, 7) is 4.26. The number of nitrogens with one attached hydrogen (secondary N) is 2. The van der Waals surface area contributed by atoms with Gasteiger partial charge in [-0.3, -0.25) is 10.1 Å². The molecule has 0 radical (unpaired) electrons. The Morgan fingerprint density at radius 2 is 1.86 bits per heavy atom. The Hall–Kier alpha value is -2.46. The second-order valence-electron chi connectivity index (χ2n) is 6.39. The molecule has 1 fully saturated rings. The second-order valence-corrected chi connectivity index (χ2v) is 8.33. The molecule has 1 saturated heterocycles. The minimum atomic E-state index is -3.69. The highest BCUT2D eigenvalue weighted by Gasteiger charge is 2.27. The number of imide groups is 1. The Morgan fingerprint density at radius 3 is 2.50 bits per heavy atom. The highest BCUT2D eigenvalue weighted by molar-refractivity contribution is 7.89. The van der Waals surface area contributed by atoms with Gasteiger partial charge in [-0.2, -0.15) is 4.31 Å². The molecule has 1 aliphatic heterocycles. The molecule has 28 heavy (non-hydrogen) atoms. The number of hydrogen-bond donors (Lipinski definition) is 2. The zero-order valence-electron chi connectivity index (χ0n) is 15.9. The van der Waals surface area contributed by atoms with Gasteiger partial charge in [-0.05, 0) is 44.9 Å². The lowest BCUT2D eigenvalue weighted by Gasteiger charge is -2.26. The van der Waals surface area contributed by atoms with E-state index < -0.39 is 34.0 Å². The average Bonchev–Trinajstić information content (AvgIpc) is 2.68. The molecule has 3 amide bonds. The van der Waals surface area contributed by atoms with Crippen molar-refractivity contribution in [2.75, 3.05) is 19.6 Å². The number of nitrogens with zero attached hydrogens (tertiary/aromatic N) is 1. The minimum Gasteiger partial charge on any atom is -0.449 e. The van der Waals surface area contributed by atoms with Crippen LogP contribution < -0.4 is 10.6 Å². The third-order valence-corrected chi connectivity index (χ3v) is 6.14. The van der Waals surface area contributed by atoms with Crippen LogP contribution in [0.3, 0.4) is 0 Å². The van der Waals surface area contributed by atoms with E-state index in [0.717, 1.165) is 19.3 Å². The number of ether oxygens (including phenoxy) is 1. The van der Waals surface area contributed by atoms with Crippen molar-refractivity contribution in [3.63, 3.8) is 0 Å². The summed E-state index contributed by atoms with van der Waals surface area (Å²) in [5, 5.41) is 4.44. The van der Waals surface area contributed by atoms with Gasteiger partial charge in [0.25, 0.3) is 5.91 Å². The van der Waals surface area contributed by atoms with E-state index in [-0.39, 0.29) is 10.5 Å².